The highest BCUT2D eigenvalue weighted by Gasteiger charge is 2.08. The number of aryl methyl sites for hydroxylation is 1. The first-order valence-electron chi connectivity index (χ1n) is 4.72. The van der Waals surface area contributed by atoms with E-state index in [1.165, 1.54) is 22.9 Å². The van der Waals surface area contributed by atoms with E-state index in [2.05, 4.69) is 10.4 Å². The van der Waals surface area contributed by atoms with E-state index in [4.69, 9.17) is 0 Å². The van der Waals surface area contributed by atoms with Gasteiger partial charge in [-0.2, -0.15) is 5.10 Å². The molecule has 0 atom stereocenters. The Morgan fingerprint density at radius 2 is 2.25 bits per heavy atom. The van der Waals surface area contributed by atoms with Gasteiger partial charge in [0.25, 0.3) is 5.91 Å². The SMILES string of the molecule is Cn1nccc1NC(=O)c1cccc(F)c1. The number of rotatable bonds is 2. The zero-order valence-electron chi connectivity index (χ0n) is 8.64. The van der Waals surface area contributed by atoms with Crippen LogP contribution in [0.3, 0.4) is 0 Å². The number of carbonyl (C=O) groups excluding carboxylic acids is 1. The van der Waals surface area contributed by atoms with E-state index in [0.717, 1.165) is 0 Å². The van der Waals surface area contributed by atoms with Crippen LogP contribution in [-0.2, 0) is 7.05 Å². The number of amides is 1. The molecule has 0 aliphatic carbocycles. The lowest BCUT2D eigenvalue weighted by molar-refractivity contribution is 0.102. The van der Waals surface area contributed by atoms with Gasteiger partial charge in [0.05, 0.1) is 6.20 Å². The molecule has 0 aliphatic rings. The van der Waals surface area contributed by atoms with Crippen molar-refractivity contribution < 1.29 is 9.18 Å². The highest BCUT2D eigenvalue weighted by molar-refractivity contribution is 6.03. The van der Waals surface area contributed by atoms with Gasteiger partial charge in [-0.1, -0.05) is 6.07 Å². The monoisotopic (exact) mass is 219 g/mol. The molecule has 16 heavy (non-hydrogen) atoms. The van der Waals surface area contributed by atoms with Gasteiger partial charge in [0.15, 0.2) is 0 Å². The largest absolute Gasteiger partial charge is 0.307 e. The van der Waals surface area contributed by atoms with Crippen LogP contribution in [0, 0.1) is 5.82 Å². The molecular formula is C11H10FN3O. The van der Waals surface area contributed by atoms with Crippen LogP contribution in [0.1, 0.15) is 10.4 Å². The van der Waals surface area contributed by atoms with Crippen molar-refractivity contribution in [1.29, 1.82) is 0 Å². The second kappa shape index (κ2) is 4.14. The van der Waals surface area contributed by atoms with E-state index < -0.39 is 5.82 Å². The van der Waals surface area contributed by atoms with Gasteiger partial charge in [-0.25, -0.2) is 4.39 Å². The van der Waals surface area contributed by atoms with Crippen molar-refractivity contribution in [2.45, 2.75) is 0 Å². The molecule has 0 saturated heterocycles. The van der Waals surface area contributed by atoms with E-state index >= 15 is 0 Å². The minimum atomic E-state index is -0.433. The summed E-state index contributed by atoms with van der Waals surface area (Å²) in [4.78, 5) is 11.7. The van der Waals surface area contributed by atoms with E-state index in [-0.39, 0.29) is 11.5 Å². The molecule has 1 aromatic heterocycles. The summed E-state index contributed by atoms with van der Waals surface area (Å²) in [5.41, 5.74) is 0.279. The third kappa shape index (κ3) is 2.08. The minimum absolute atomic E-state index is 0.279. The molecule has 5 heteroatoms. The minimum Gasteiger partial charge on any atom is -0.307 e. The van der Waals surface area contributed by atoms with E-state index in [0.29, 0.717) is 5.82 Å². The van der Waals surface area contributed by atoms with Crippen LogP contribution in [0.25, 0.3) is 0 Å². The van der Waals surface area contributed by atoms with Crippen molar-refractivity contribution in [3.05, 3.63) is 47.9 Å². The van der Waals surface area contributed by atoms with E-state index in [9.17, 15) is 9.18 Å². The predicted molar refractivity (Wildman–Crippen MR) is 57.6 cm³/mol. The summed E-state index contributed by atoms with van der Waals surface area (Å²) >= 11 is 0. The lowest BCUT2D eigenvalue weighted by Gasteiger charge is -2.04. The lowest BCUT2D eigenvalue weighted by Crippen LogP contribution is -2.14. The summed E-state index contributed by atoms with van der Waals surface area (Å²) in [7, 11) is 1.71. The number of carbonyl (C=O) groups is 1. The summed E-state index contributed by atoms with van der Waals surface area (Å²) in [5, 5.41) is 6.54. The third-order valence-electron chi connectivity index (χ3n) is 2.15. The van der Waals surface area contributed by atoms with Gasteiger partial charge in [-0.3, -0.25) is 9.48 Å². The Morgan fingerprint density at radius 3 is 2.88 bits per heavy atom. The fourth-order valence-corrected chi connectivity index (χ4v) is 1.31. The Balaban J connectivity index is 2.18. The van der Waals surface area contributed by atoms with E-state index in [1.807, 2.05) is 0 Å². The number of hydrogen-bond acceptors (Lipinski definition) is 2. The zero-order valence-corrected chi connectivity index (χ0v) is 8.64. The van der Waals surface area contributed by atoms with Gasteiger partial charge in [0.1, 0.15) is 11.6 Å². The van der Waals surface area contributed by atoms with Crippen LogP contribution in [0.15, 0.2) is 36.5 Å². The Morgan fingerprint density at radius 1 is 1.44 bits per heavy atom. The molecule has 0 unspecified atom stereocenters. The maximum Gasteiger partial charge on any atom is 0.256 e. The van der Waals surface area contributed by atoms with Gasteiger partial charge < -0.3 is 5.32 Å². The van der Waals surface area contributed by atoms with Gasteiger partial charge in [-0.05, 0) is 18.2 Å². The highest BCUT2D eigenvalue weighted by atomic mass is 19.1. The first kappa shape index (κ1) is 10.4. The maximum atomic E-state index is 12.9. The quantitative estimate of drug-likeness (QED) is 0.837. The molecule has 1 amide bonds. The van der Waals surface area contributed by atoms with Crippen molar-refractivity contribution in [1.82, 2.24) is 9.78 Å². The van der Waals surface area contributed by atoms with Crippen molar-refractivity contribution in [2.24, 2.45) is 7.05 Å². The molecule has 0 spiro atoms. The molecule has 2 aromatic rings. The predicted octanol–water partition coefficient (Wildman–Crippen LogP) is 1.81. The van der Waals surface area contributed by atoms with Gasteiger partial charge >= 0.3 is 0 Å². The first-order valence-corrected chi connectivity index (χ1v) is 4.72. The molecule has 1 aromatic carbocycles. The molecule has 0 fully saturated rings. The second-order valence-corrected chi connectivity index (χ2v) is 3.30. The van der Waals surface area contributed by atoms with Gasteiger partial charge in [0, 0.05) is 18.7 Å². The smallest absolute Gasteiger partial charge is 0.256 e. The van der Waals surface area contributed by atoms with Gasteiger partial charge in [0.2, 0.25) is 0 Å². The number of nitrogens with zero attached hydrogens (tertiary/aromatic N) is 2. The summed E-state index contributed by atoms with van der Waals surface area (Å²) in [6, 6.07) is 7.19. The maximum absolute atomic E-state index is 12.9. The topological polar surface area (TPSA) is 46.9 Å². The van der Waals surface area contributed by atoms with Crippen molar-refractivity contribution >= 4 is 11.7 Å². The summed E-state index contributed by atoms with van der Waals surface area (Å²) in [6.45, 7) is 0. The highest BCUT2D eigenvalue weighted by Crippen LogP contribution is 2.08. The number of aromatic nitrogens is 2. The molecule has 0 bridgehead atoms. The molecule has 0 aliphatic heterocycles. The molecule has 82 valence electrons. The van der Waals surface area contributed by atoms with Crippen LogP contribution in [-0.4, -0.2) is 15.7 Å². The molecule has 0 saturated carbocycles. The van der Waals surface area contributed by atoms with Crippen molar-refractivity contribution in [2.75, 3.05) is 5.32 Å². The standard InChI is InChI=1S/C11H10FN3O/c1-15-10(5-6-13-15)14-11(16)8-3-2-4-9(12)7-8/h2-7H,1H3,(H,14,16). The van der Waals surface area contributed by atoms with E-state index in [1.54, 1.807) is 25.4 Å². The number of anilines is 1. The third-order valence-corrected chi connectivity index (χ3v) is 2.15. The Labute approximate surface area is 91.7 Å². The Kier molecular flexibility index (Phi) is 2.68. The molecule has 1 N–H and O–H groups in total. The zero-order chi connectivity index (χ0) is 11.5. The van der Waals surface area contributed by atoms with Crippen molar-refractivity contribution in [3.8, 4) is 0 Å². The van der Waals surface area contributed by atoms with Crippen LogP contribution in [0.4, 0.5) is 10.2 Å². The molecule has 4 nitrogen and oxygen atoms in total. The summed E-state index contributed by atoms with van der Waals surface area (Å²) in [5.74, 6) is -0.227. The van der Waals surface area contributed by atoms with Crippen LogP contribution >= 0.6 is 0 Å². The number of benzene rings is 1. The molecule has 2 rings (SSSR count). The number of halogens is 1. The Bertz CT molecular complexity index is 521. The lowest BCUT2D eigenvalue weighted by atomic mass is 10.2. The Hall–Kier alpha value is -2.17. The molecule has 0 radical (unpaired) electrons. The first-order chi connectivity index (χ1) is 7.66. The van der Waals surface area contributed by atoms with Crippen LogP contribution in [0.2, 0.25) is 0 Å². The fraction of sp³-hybridized carbons (Fsp3) is 0.0909. The van der Waals surface area contributed by atoms with Crippen molar-refractivity contribution in [3.63, 3.8) is 0 Å². The molecule has 1 heterocycles. The number of hydrogen-bond donors (Lipinski definition) is 1. The average molecular weight is 219 g/mol. The molecular weight excluding hydrogens is 209 g/mol. The number of nitrogens with one attached hydrogen (secondary N) is 1. The normalized spacial score (nSPS) is 10.1. The summed E-state index contributed by atoms with van der Waals surface area (Å²) in [6.07, 6.45) is 1.57. The second-order valence-electron chi connectivity index (χ2n) is 3.30. The average Bonchev–Trinajstić information content (AvgIpc) is 2.64. The summed E-state index contributed by atoms with van der Waals surface area (Å²) < 4.78 is 14.4. The van der Waals surface area contributed by atoms with Crippen LogP contribution < -0.4 is 5.32 Å². The fourth-order valence-electron chi connectivity index (χ4n) is 1.31. The van der Waals surface area contributed by atoms with Crippen LogP contribution in [0.5, 0.6) is 0 Å². The van der Waals surface area contributed by atoms with Gasteiger partial charge in [-0.15, -0.1) is 0 Å².